The molecule has 174 valence electrons. The second-order valence-electron chi connectivity index (χ2n) is 7.36. The first kappa shape index (κ1) is 23.3. The molecule has 3 aromatic carbocycles. The van der Waals surface area contributed by atoms with Crippen molar-refractivity contribution in [2.24, 2.45) is 0 Å². The number of nitrogens with zero attached hydrogens (tertiary/aromatic N) is 2. The molecule has 0 saturated heterocycles. The fourth-order valence-corrected chi connectivity index (χ4v) is 3.85. The third-order valence-corrected chi connectivity index (χ3v) is 5.55. The average Bonchev–Trinajstić information content (AvgIpc) is 3.30. The summed E-state index contributed by atoms with van der Waals surface area (Å²) in [5.41, 5.74) is 2.71. The Labute approximate surface area is 199 Å². The number of rotatable bonds is 9. The van der Waals surface area contributed by atoms with Gasteiger partial charge in [0.2, 0.25) is 6.10 Å². The van der Waals surface area contributed by atoms with Crippen LogP contribution in [0.2, 0.25) is 0 Å². The Morgan fingerprint density at radius 1 is 1.03 bits per heavy atom. The molecule has 0 aliphatic rings. The zero-order chi connectivity index (χ0) is 24.1. The number of ether oxygens (including phenoxy) is 3. The van der Waals surface area contributed by atoms with Crippen molar-refractivity contribution in [3.05, 3.63) is 83.2 Å². The van der Waals surface area contributed by atoms with E-state index < -0.39 is 17.9 Å². The first-order chi connectivity index (χ1) is 16.5. The van der Waals surface area contributed by atoms with Crippen LogP contribution in [-0.2, 0) is 16.1 Å². The van der Waals surface area contributed by atoms with Gasteiger partial charge in [-0.05, 0) is 49.7 Å². The van der Waals surface area contributed by atoms with Crippen molar-refractivity contribution in [3.8, 4) is 11.5 Å². The Kier molecular flexibility index (Phi) is 7.12. The third kappa shape index (κ3) is 5.20. The molecule has 1 aromatic heterocycles. The highest BCUT2D eigenvalue weighted by Gasteiger charge is 2.28. The molecule has 1 atom stereocenters. The fourth-order valence-electron chi connectivity index (χ4n) is 3.34. The van der Waals surface area contributed by atoms with Crippen LogP contribution in [0.5, 0.6) is 11.5 Å². The first-order valence-corrected chi connectivity index (χ1v) is 11.3. The van der Waals surface area contributed by atoms with Crippen molar-refractivity contribution >= 4 is 34.5 Å². The number of carbonyl (C=O) groups is 2. The van der Waals surface area contributed by atoms with Gasteiger partial charge in [0.15, 0.2) is 5.78 Å². The van der Waals surface area contributed by atoms with E-state index in [-0.39, 0.29) is 35.9 Å². The van der Waals surface area contributed by atoms with Gasteiger partial charge >= 0.3 is 5.97 Å². The van der Waals surface area contributed by atoms with Crippen molar-refractivity contribution in [3.63, 3.8) is 0 Å². The number of halogens is 1. The summed E-state index contributed by atoms with van der Waals surface area (Å²) in [7, 11) is 0. The van der Waals surface area contributed by atoms with E-state index in [0.717, 1.165) is 28.3 Å². The summed E-state index contributed by atoms with van der Waals surface area (Å²) < 4.78 is 39.8. The lowest BCUT2D eigenvalue weighted by Gasteiger charge is -2.20. The minimum Gasteiger partial charge on any atom is -0.489 e. The molecule has 0 saturated carbocycles. The van der Waals surface area contributed by atoms with Gasteiger partial charge in [0.25, 0.3) is 0 Å². The molecule has 0 N–H and O–H groups in total. The zero-order valence-electron chi connectivity index (χ0n) is 18.5. The van der Waals surface area contributed by atoms with E-state index in [9.17, 15) is 14.0 Å². The highest BCUT2D eigenvalue weighted by molar-refractivity contribution is 7.00. The highest BCUT2D eigenvalue weighted by atomic mass is 32.1. The Morgan fingerprint density at radius 2 is 1.82 bits per heavy atom. The van der Waals surface area contributed by atoms with Crippen LogP contribution in [0.15, 0.2) is 60.7 Å². The summed E-state index contributed by atoms with van der Waals surface area (Å²) in [5, 5.41) is 0. The molecule has 0 aliphatic heterocycles. The summed E-state index contributed by atoms with van der Waals surface area (Å²) in [5.74, 6) is -1.17. The maximum absolute atomic E-state index is 14.5. The van der Waals surface area contributed by atoms with Crippen LogP contribution in [0, 0.1) is 5.82 Å². The Balaban J connectivity index is 1.61. The topological polar surface area (TPSA) is 87.6 Å². The largest absolute Gasteiger partial charge is 0.489 e. The molecule has 1 unspecified atom stereocenters. The van der Waals surface area contributed by atoms with Crippen LogP contribution >= 0.6 is 11.7 Å². The van der Waals surface area contributed by atoms with Gasteiger partial charge in [-0.15, -0.1) is 0 Å². The van der Waals surface area contributed by atoms with Gasteiger partial charge in [0.05, 0.1) is 23.9 Å². The summed E-state index contributed by atoms with van der Waals surface area (Å²) in [6, 6.07) is 16.1. The van der Waals surface area contributed by atoms with Crippen LogP contribution in [0.4, 0.5) is 4.39 Å². The summed E-state index contributed by atoms with van der Waals surface area (Å²) in [6.45, 7) is 3.35. The number of hydrogen-bond donors (Lipinski definition) is 0. The van der Waals surface area contributed by atoms with Crippen molar-refractivity contribution in [1.82, 2.24) is 8.75 Å². The monoisotopic (exact) mass is 480 g/mol. The minimum atomic E-state index is -1.39. The van der Waals surface area contributed by atoms with E-state index >= 15 is 0 Å². The molecule has 0 amide bonds. The second-order valence-corrected chi connectivity index (χ2v) is 7.89. The molecule has 4 rings (SSSR count). The number of fused-ring (bicyclic) bond motifs is 1. The molecule has 7 nitrogen and oxygen atoms in total. The Morgan fingerprint density at radius 3 is 2.59 bits per heavy atom. The maximum atomic E-state index is 14.5. The molecule has 4 aromatic rings. The fraction of sp³-hybridized carbons (Fsp3) is 0.200. The molecule has 34 heavy (non-hydrogen) atoms. The summed E-state index contributed by atoms with van der Waals surface area (Å²) in [4.78, 5) is 24.8. The lowest BCUT2D eigenvalue weighted by molar-refractivity contribution is -0.152. The van der Waals surface area contributed by atoms with Crippen LogP contribution in [0.25, 0.3) is 11.0 Å². The van der Waals surface area contributed by atoms with E-state index in [1.807, 2.05) is 18.2 Å². The van der Waals surface area contributed by atoms with Crippen molar-refractivity contribution in [1.29, 1.82) is 0 Å². The lowest BCUT2D eigenvalue weighted by atomic mass is 10.1. The standard InChI is InChI=1S/C25H21FN2O5S/c1-3-31-25(30)24(19-6-4-5-7-20(19)26)33-23-13-17(9-10-18(23)15(2)29)32-14-16-8-11-21-22(12-16)28-34-27-21/h4-13,24H,3,14H2,1-2H3. The average molecular weight is 481 g/mol. The first-order valence-electron chi connectivity index (χ1n) is 10.5. The van der Waals surface area contributed by atoms with Gasteiger partial charge in [-0.1, -0.05) is 24.3 Å². The van der Waals surface area contributed by atoms with Crippen LogP contribution in [0.1, 0.15) is 41.4 Å². The predicted octanol–water partition coefficient (Wildman–Crippen LogP) is 5.30. The number of ketones is 1. The van der Waals surface area contributed by atoms with Gasteiger partial charge < -0.3 is 14.2 Å². The maximum Gasteiger partial charge on any atom is 0.352 e. The Hall–Kier alpha value is -3.85. The van der Waals surface area contributed by atoms with Crippen molar-refractivity contribution in [2.45, 2.75) is 26.6 Å². The van der Waals surface area contributed by atoms with Crippen molar-refractivity contribution in [2.75, 3.05) is 6.61 Å². The van der Waals surface area contributed by atoms with Crippen molar-refractivity contribution < 1.29 is 28.2 Å². The number of esters is 1. The predicted molar refractivity (Wildman–Crippen MR) is 125 cm³/mol. The van der Waals surface area contributed by atoms with E-state index in [0.29, 0.717) is 5.75 Å². The SMILES string of the molecule is CCOC(=O)C(Oc1cc(OCc2ccc3nsnc3c2)ccc1C(C)=O)c1ccccc1F. The minimum absolute atomic E-state index is 0.00643. The molecule has 0 fully saturated rings. The van der Waals surface area contributed by atoms with Crippen LogP contribution in [-0.4, -0.2) is 27.1 Å². The zero-order valence-corrected chi connectivity index (χ0v) is 19.3. The number of Topliss-reactive ketones (excluding diaryl/α,β-unsaturated/α-hetero) is 1. The van der Waals surface area contributed by atoms with Gasteiger partial charge in [0.1, 0.15) is 35.0 Å². The molecule has 0 radical (unpaired) electrons. The third-order valence-electron chi connectivity index (χ3n) is 4.99. The van der Waals surface area contributed by atoms with E-state index in [1.54, 1.807) is 25.1 Å². The van der Waals surface area contributed by atoms with Crippen LogP contribution in [0.3, 0.4) is 0 Å². The lowest BCUT2D eigenvalue weighted by Crippen LogP contribution is -2.23. The molecule has 0 spiro atoms. The van der Waals surface area contributed by atoms with Gasteiger partial charge in [-0.3, -0.25) is 4.79 Å². The number of hydrogen-bond acceptors (Lipinski definition) is 8. The van der Waals surface area contributed by atoms with Crippen LogP contribution < -0.4 is 9.47 Å². The summed E-state index contributed by atoms with van der Waals surface area (Å²) >= 11 is 1.14. The summed E-state index contributed by atoms with van der Waals surface area (Å²) in [6.07, 6.45) is -1.39. The van der Waals surface area contributed by atoms with Gasteiger partial charge in [-0.25, -0.2) is 9.18 Å². The molecule has 1 heterocycles. The number of carbonyl (C=O) groups excluding carboxylic acids is 2. The number of aromatic nitrogens is 2. The molecule has 0 bridgehead atoms. The van der Waals surface area contributed by atoms with E-state index in [2.05, 4.69) is 8.75 Å². The van der Waals surface area contributed by atoms with Gasteiger partial charge in [0, 0.05) is 11.6 Å². The quantitative estimate of drug-likeness (QED) is 0.237. The second kappa shape index (κ2) is 10.4. The number of benzene rings is 3. The van der Waals surface area contributed by atoms with E-state index in [1.165, 1.54) is 31.2 Å². The Bertz CT molecular complexity index is 1340. The smallest absolute Gasteiger partial charge is 0.352 e. The molecular weight excluding hydrogens is 459 g/mol. The highest BCUT2D eigenvalue weighted by Crippen LogP contribution is 2.32. The van der Waals surface area contributed by atoms with E-state index in [4.69, 9.17) is 14.2 Å². The molecular formula is C25H21FN2O5S. The van der Waals surface area contributed by atoms with Gasteiger partial charge in [-0.2, -0.15) is 8.75 Å². The molecule has 0 aliphatic carbocycles. The molecule has 9 heteroatoms. The normalized spacial score (nSPS) is 11.7.